The van der Waals surface area contributed by atoms with Crippen LogP contribution < -0.4 is 5.73 Å². The van der Waals surface area contributed by atoms with Crippen molar-refractivity contribution in [2.45, 2.75) is 6.92 Å². The number of carbonyl (C=O) groups excluding carboxylic acids is 1. The van der Waals surface area contributed by atoms with Crippen LogP contribution >= 0.6 is 0 Å². The fourth-order valence-corrected chi connectivity index (χ4v) is 0.799. The summed E-state index contributed by atoms with van der Waals surface area (Å²) in [5, 5.41) is 0. The monoisotopic (exact) mass is 168 g/mol. The predicted octanol–water partition coefficient (Wildman–Crippen LogP) is 0.954. The van der Waals surface area contributed by atoms with Gasteiger partial charge in [0.2, 0.25) is 0 Å². The van der Waals surface area contributed by atoms with Gasteiger partial charge in [-0.15, -0.1) is 0 Å². The van der Waals surface area contributed by atoms with Gasteiger partial charge in [-0.05, 0) is 13.0 Å². The van der Waals surface area contributed by atoms with E-state index < -0.39 is 0 Å². The molecule has 1 heterocycles. The number of hydrogen-bond acceptors (Lipinski definition) is 3. The molecule has 0 aliphatic rings. The lowest BCUT2D eigenvalue weighted by Crippen LogP contribution is -2.25. The van der Waals surface area contributed by atoms with E-state index in [4.69, 9.17) is 10.2 Å². The Hall–Kier alpha value is -1.45. The van der Waals surface area contributed by atoms with E-state index in [1.165, 1.54) is 0 Å². The molecule has 0 bridgehead atoms. The molecule has 0 aromatic carbocycles. The van der Waals surface area contributed by atoms with E-state index in [1.54, 1.807) is 24.1 Å². The van der Waals surface area contributed by atoms with Gasteiger partial charge < -0.3 is 15.1 Å². The van der Waals surface area contributed by atoms with Gasteiger partial charge in [-0.25, -0.2) is 0 Å². The highest BCUT2D eigenvalue weighted by molar-refractivity contribution is 5.91. The minimum Gasteiger partial charge on any atom is -0.436 e. The van der Waals surface area contributed by atoms with Crippen molar-refractivity contribution in [3.05, 3.63) is 17.9 Å². The molecule has 0 saturated carbocycles. The highest BCUT2D eigenvalue weighted by atomic mass is 16.4. The predicted molar refractivity (Wildman–Crippen MR) is 45.8 cm³/mol. The second-order valence-electron chi connectivity index (χ2n) is 2.52. The van der Waals surface area contributed by atoms with Crippen LogP contribution in [0.1, 0.15) is 17.5 Å². The number of rotatable bonds is 2. The highest BCUT2D eigenvalue weighted by Crippen LogP contribution is 2.10. The van der Waals surface area contributed by atoms with Crippen LogP contribution in [0.4, 0.5) is 5.88 Å². The molecule has 0 fully saturated rings. The van der Waals surface area contributed by atoms with Crippen molar-refractivity contribution in [3.8, 4) is 0 Å². The van der Waals surface area contributed by atoms with E-state index in [1.807, 2.05) is 6.92 Å². The lowest BCUT2D eigenvalue weighted by atomic mass is 10.4. The average Bonchev–Trinajstić information content (AvgIpc) is 2.49. The van der Waals surface area contributed by atoms with Gasteiger partial charge in [-0.2, -0.15) is 0 Å². The summed E-state index contributed by atoms with van der Waals surface area (Å²) in [4.78, 5) is 12.9. The van der Waals surface area contributed by atoms with E-state index >= 15 is 0 Å². The van der Waals surface area contributed by atoms with Crippen LogP contribution in [0.3, 0.4) is 0 Å². The lowest BCUT2D eigenvalue weighted by molar-refractivity contribution is 0.0772. The standard InChI is InChI=1S/C8H12N2O2/c1-3-10(2)8(11)6-4-5-7(9)12-6/h4-5H,3,9H2,1-2H3. The molecule has 0 atom stereocenters. The Balaban J connectivity index is 2.78. The number of furan rings is 1. The summed E-state index contributed by atoms with van der Waals surface area (Å²) in [5.74, 6) is 0.411. The molecule has 1 amide bonds. The molecule has 1 rings (SSSR count). The van der Waals surface area contributed by atoms with Crippen LogP contribution in [0.5, 0.6) is 0 Å². The van der Waals surface area contributed by atoms with Crippen molar-refractivity contribution >= 4 is 11.8 Å². The largest absolute Gasteiger partial charge is 0.436 e. The minimum absolute atomic E-state index is 0.144. The number of nitrogens with zero attached hydrogens (tertiary/aromatic N) is 1. The van der Waals surface area contributed by atoms with E-state index in [0.717, 1.165) is 0 Å². The number of anilines is 1. The van der Waals surface area contributed by atoms with E-state index in [2.05, 4.69) is 0 Å². The molecule has 0 unspecified atom stereocenters. The second kappa shape index (κ2) is 3.30. The first kappa shape index (κ1) is 8.64. The van der Waals surface area contributed by atoms with Crippen LogP contribution in [-0.4, -0.2) is 24.4 Å². The molecular weight excluding hydrogens is 156 g/mol. The van der Waals surface area contributed by atoms with Crippen molar-refractivity contribution in [2.75, 3.05) is 19.3 Å². The molecule has 0 spiro atoms. The third kappa shape index (κ3) is 1.58. The molecule has 0 radical (unpaired) electrons. The Bertz CT molecular complexity index is 280. The Labute approximate surface area is 70.9 Å². The van der Waals surface area contributed by atoms with Gasteiger partial charge in [0.25, 0.3) is 5.91 Å². The summed E-state index contributed by atoms with van der Waals surface area (Å²) >= 11 is 0. The number of carbonyl (C=O) groups is 1. The fourth-order valence-electron chi connectivity index (χ4n) is 0.799. The summed E-state index contributed by atoms with van der Waals surface area (Å²) in [5.41, 5.74) is 5.32. The van der Waals surface area contributed by atoms with Crippen molar-refractivity contribution in [2.24, 2.45) is 0 Å². The first-order chi connectivity index (χ1) is 5.65. The third-order valence-corrected chi connectivity index (χ3v) is 1.66. The topological polar surface area (TPSA) is 59.5 Å². The van der Waals surface area contributed by atoms with Gasteiger partial charge in [0.05, 0.1) is 0 Å². The molecular formula is C8H12N2O2. The van der Waals surface area contributed by atoms with Gasteiger partial charge in [0, 0.05) is 19.7 Å². The zero-order valence-corrected chi connectivity index (χ0v) is 7.20. The van der Waals surface area contributed by atoms with Crippen molar-refractivity contribution < 1.29 is 9.21 Å². The molecule has 0 aliphatic heterocycles. The van der Waals surface area contributed by atoms with Gasteiger partial charge in [-0.3, -0.25) is 4.79 Å². The van der Waals surface area contributed by atoms with Gasteiger partial charge >= 0.3 is 0 Å². The molecule has 12 heavy (non-hydrogen) atoms. The maximum absolute atomic E-state index is 11.4. The Morgan fingerprint density at radius 1 is 1.67 bits per heavy atom. The summed E-state index contributed by atoms with van der Waals surface area (Å²) in [6.07, 6.45) is 0. The van der Waals surface area contributed by atoms with Gasteiger partial charge in [0.15, 0.2) is 11.6 Å². The molecule has 0 aliphatic carbocycles. The zero-order chi connectivity index (χ0) is 9.14. The number of hydrogen-bond donors (Lipinski definition) is 1. The average molecular weight is 168 g/mol. The lowest BCUT2D eigenvalue weighted by Gasteiger charge is -2.11. The molecule has 2 N–H and O–H groups in total. The van der Waals surface area contributed by atoms with Crippen molar-refractivity contribution in [1.82, 2.24) is 4.90 Å². The number of nitrogens with two attached hydrogens (primary N) is 1. The minimum atomic E-state index is -0.144. The summed E-state index contributed by atoms with van der Waals surface area (Å²) in [7, 11) is 1.71. The molecule has 1 aromatic rings. The van der Waals surface area contributed by atoms with E-state index in [0.29, 0.717) is 6.54 Å². The van der Waals surface area contributed by atoms with Crippen LogP contribution in [-0.2, 0) is 0 Å². The maximum atomic E-state index is 11.4. The second-order valence-corrected chi connectivity index (χ2v) is 2.52. The summed E-state index contributed by atoms with van der Waals surface area (Å²) in [6.45, 7) is 2.55. The number of amides is 1. The van der Waals surface area contributed by atoms with Crippen molar-refractivity contribution in [1.29, 1.82) is 0 Å². The maximum Gasteiger partial charge on any atom is 0.289 e. The van der Waals surface area contributed by atoms with E-state index in [9.17, 15) is 4.79 Å². The highest BCUT2D eigenvalue weighted by Gasteiger charge is 2.13. The van der Waals surface area contributed by atoms with Gasteiger partial charge in [0.1, 0.15) is 0 Å². The Kier molecular flexibility index (Phi) is 2.38. The van der Waals surface area contributed by atoms with Crippen LogP contribution in [0.2, 0.25) is 0 Å². The third-order valence-electron chi connectivity index (χ3n) is 1.66. The Morgan fingerprint density at radius 3 is 2.75 bits per heavy atom. The normalized spacial score (nSPS) is 9.83. The molecule has 0 saturated heterocycles. The summed E-state index contributed by atoms with van der Waals surface area (Å²) < 4.78 is 4.95. The molecule has 4 heteroatoms. The van der Waals surface area contributed by atoms with Crippen LogP contribution in [0.15, 0.2) is 16.5 Å². The molecule has 66 valence electrons. The first-order valence-corrected chi connectivity index (χ1v) is 3.76. The quantitative estimate of drug-likeness (QED) is 0.715. The molecule has 1 aromatic heterocycles. The number of nitrogen functional groups attached to an aromatic ring is 1. The van der Waals surface area contributed by atoms with Crippen LogP contribution in [0.25, 0.3) is 0 Å². The fraction of sp³-hybridized carbons (Fsp3) is 0.375. The summed E-state index contributed by atoms with van der Waals surface area (Å²) in [6, 6.07) is 3.14. The van der Waals surface area contributed by atoms with Crippen molar-refractivity contribution in [3.63, 3.8) is 0 Å². The Morgan fingerprint density at radius 2 is 2.33 bits per heavy atom. The van der Waals surface area contributed by atoms with Gasteiger partial charge in [-0.1, -0.05) is 0 Å². The van der Waals surface area contributed by atoms with Crippen LogP contribution in [0, 0.1) is 0 Å². The SMILES string of the molecule is CCN(C)C(=O)c1ccc(N)o1. The smallest absolute Gasteiger partial charge is 0.289 e. The van der Waals surface area contributed by atoms with E-state index in [-0.39, 0.29) is 17.6 Å². The zero-order valence-electron chi connectivity index (χ0n) is 7.20. The first-order valence-electron chi connectivity index (χ1n) is 3.76. The molecule has 4 nitrogen and oxygen atoms in total.